The molecule has 10 heteroatoms. The van der Waals surface area contributed by atoms with E-state index in [9.17, 15) is 9.59 Å². The molecule has 0 aliphatic carbocycles. The molecular weight excluding hydrogens is 468 g/mol. The normalized spacial score (nSPS) is 19.2. The highest BCUT2D eigenvalue weighted by Gasteiger charge is 2.40. The lowest BCUT2D eigenvalue weighted by molar-refractivity contribution is -0.141. The second kappa shape index (κ2) is 8.65. The Morgan fingerprint density at radius 1 is 1.33 bits per heavy atom. The molecule has 0 aromatic carbocycles. The Balaban J connectivity index is 1.55. The average molecular weight is 489 g/mol. The zero-order chi connectivity index (χ0) is 21.3. The maximum atomic E-state index is 13.2. The van der Waals surface area contributed by atoms with E-state index in [1.54, 1.807) is 22.0 Å². The molecule has 2 amide bonds. The molecule has 2 unspecified atom stereocenters. The first kappa shape index (κ1) is 20.7. The van der Waals surface area contributed by atoms with Crippen LogP contribution in [-0.4, -0.2) is 43.0 Å². The summed E-state index contributed by atoms with van der Waals surface area (Å²) in [4.78, 5) is 36.3. The van der Waals surface area contributed by atoms with Crippen LogP contribution in [-0.2, 0) is 16.6 Å². The highest BCUT2D eigenvalue weighted by molar-refractivity contribution is 9.10. The molecule has 4 rings (SSSR count). The Bertz CT molecular complexity index is 1060. The van der Waals surface area contributed by atoms with Crippen molar-refractivity contribution in [3.63, 3.8) is 0 Å². The summed E-state index contributed by atoms with van der Waals surface area (Å²) in [6, 6.07) is 3.43. The molecule has 0 radical (unpaired) electrons. The summed E-state index contributed by atoms with van der Waals surface area (Å²) in [5.41, 5.74) is 2.32. The summed E-state index contributed by atoms with van der Waals surface area (Å²) in [6.45, 7) is 2.47. The molecule has 1 fully saturated rings. The van der Waals surface area contributed by atoms with Crippen molar-refractivity contribution >= 4 is 44.2 Å². The highest BCUT2D eigenvalue weighted by Crippen LogP contribution is 2.37. The van der Waals surface area contributed by atoms with Crippen LogP contribution in [0.5, 0.6) is 0 Å². The van der Waals surface area contributed by atoms with Gasteiger partial charge in [-0.3, -0.25) is 19.3 Å². The van der Waals surface area contributed by atoms with Crippen LogP contribution in [0, 0.1) is 5.92 Å². The van der Waals surface area contributed by atoms with Gasteiger partial charge < -0.3 is 10.2 Å². The quantitative estimate of drug-likeness (QED) is 0.591. The minimum Gasteiger partial charge on any atom is -0.335 e. The third-order valence-corrected chi connectivity index (χ3v) is 6.40. The van der Waals surface area contributed by atoms with E-state index in [-0.39, 0.29) is 23.8 Å². The lowest BCUT2D eigenvalue weighted by Crippen LogP contribution is -2.46. The first-order chi connectivity index (χ1) is 14.5. The van der Waals surface area contributed by atoms with E-state index >= 15 is 0 Å². The summed E-state index contributed by atoms with van der Waals surface area (Å²) >= 11 is 4.73. The second-order valence-corrected chi connectivity index (χ2v) is 8.88. The average Bonchev–Trinajstić information content (AvgIpc) is 3.37. The summed E-state index contributed by atoms with van der Waals surface area (Å²) in [5, 5.41) is 9.56. The van der Waals surface area contributed by atoms with Gasteiger partial charge in [0.25, 0.3) is 0 Å². The number of hydrogen-bond acceptors (Lipinski definition) is 6. The van der Waals surface area contributed by atoms with E-state index < -0.39 is 0 Å². The van der Waals surface area contributed by atoms with Crippen molar-refractivity contribution in [1.29, 1.82) is 0 Å². The smallest absolute Gasteiger partial charge is 0.231 e. The lowest BCUT2D eigenvalue weighted by atomic mass is 9.84. The molecule has 0 spiro atoms. The van der Waals surface area contributed by atoms with Crippen molar-refractivity contribution in [2.45, 2.75) is 25.8 Å². The lowest BCUT2D eigenvalue weighted by Gasteiger charge is -2.39. The van der Waals surface area contributed by atoms with E-state index in [0.717, 1.165) is 15.7 Å². The monoisotopic (exact) mass is 488 g/mol. The summed E-state index contributed by atoms with van der Waals surface area (Å²) < 4.78 is 2.58. The standard InChI is InChI=1S/C20H21BrN6O2S/c1-3-27-17(28)7-5-14(18(27)12-8-23-26(2)10-12)19(29)25-20-24-16(11-30-20)15-6-4-13(21)9-22-15/h4,6,8-11,14,18H,3,5,7H2,1-2H3,(H,24,25,29). The molecule has 0 bridgehead atoms. The van der Waals surface area contributed by atoms with E-state index in [2.05, 4.69) is 36.3 Å². The molecular formula is C20H21BrN6O2S. The third kappa shape index (κ3) is 4.15. The van der Waals surface area contributed by atoms with Crippen LogP contribution in [0.2, 0.25) is 0 Å². The van der Waals surface area contributed by atoms with Gasteiger partial charge in [-0.15, -0.1) is 11.3 Å². The van der Waals surface area contributed by atoms with Crippen LogP contribution < -0.4 is 5.32 Å². The maximum Gasteiger partial charge on any atom is 0.231 e. The molecule has 1 aliphatic rings. The summed E-state index contributed by atoms with van der Waals surface area (Å²) in [6.07, 6.45) is 6.16. The van der Waals surface area contributed by atoms with E-state index in [4.69, 9.17) is 0 Å². The number of carbonyl (C=O) groups excluding carboxylic acids is 2. The van der Waals surface area contributed by atoms with Gasteiger partial charge in [0.2, 0.25) is 11.8 Å². The molecule has 1 N–H and O–H groups in total. The van der Waals surface area contributed by atoms with Crippen LogP contribution in [0.3, 0.4) is 0 Å². The number of aromatic nitrogens is 4. The van der Waals surface area contributed by atoms with Crippen molar-refractivity contribution < 1.29 is 9.59 Å². The van der Waals surface area contributed by atoms with Gasteiger partial charge in [-0.05, 0) is 41.4 Å². The number of nitrogens with zero attached hydrogens (tertiary/aromatic N) is 5. The molecule has 8 nitrogen and oxygen atoms in total. The fraction of sp³-hybridized carbons (Fsp3) is 0.350. The van der Waals surface area contributed by atoms with Gasteiger partial charge in [0, 0.05) is 47.8 Å². The fourth-order valence-corrected chi connectivity index (χ4v) is 4.72. The number of thiazole rings is 1. The number of rotatable bonds is 5. The minimum absolute atomic E-state index is 0.0632. The van der Waals surface area contributed by atoms with Crippen molar-refractivity contribution in [1.82, 2.24) is 24.6 Å². The van der Waals surface area contributed by atoms with E-state index in [1.165, 1.54) is 11.3 Å². The molecule has 3 aromatic rings. The molecule has 3 aromatic heterocycles. The van der Waals surface area contributed by atoms with Crippen LogP contribution in [0.15, 0.2) is 40.6 Å². The molecule has 2 atom stereocenters. The predicted molar refractivity (Wildman–Crippen MR) is 118 cm³/mol. The summed E-state index contributed by atoms with van der Waals surface area (Å²) in [7, 11) is 1.83. The number of amides is 2. The predicted octanol–water partition coefficient (Wildman–Crippen LogP) is 3.64. The number of aryl methyl sites for hydroxylation is 1. The van der Waals surface area contributed by atoms with Crippen molar-refractivity contribution in [2.24, 2.45) is 13.0 Å². The van der Waals surface area contributed by atoms with Gasteiger partial charge >= 0.3 is 0 Å². The second-order valence-electron chi connectivity index (χ2n) is 7.11. The number of likely N-dealkylation sites (tertiary alicyclic amines) is 1. The zero-order valence-electron chi connectivity index (χ0n) is 16.6. The molecule has 156 valence electrons. The third-order valence-electron chi connectivity index (χ3n) is 5.17. The highest BCUT2D eigenvalue weighted by atomic mass is 79.9. The topological polar surface area (TPSA) is 93.0 Å². The Kier molecular flexibility index (Phi) is 5.96. The van der Waals surface area contributed by atoms with Gasteiger partial charge in [-0.25, -0.2) is 4.98 Å². The van der Waals surface area contributed by atoms with Crippen LogP contribution in [0.1, 0.15) is 31.4 Å². The largest absolute Gasteiger partial charge is 0.335 e. The number of pyridine rings is 1. The first-order valence-corrected chi connectivity index (χ1v) is 11.3. The van der Waals surface area contributed by atoms with Crippen LogP contribution in [0.25, 0.3) is 11.4 Å². The summed E-state index contributed by atoms with van der Waals surface area (Å²) in [5.74, 6) is -0.447. The number of halogens is 1. The SMILES string of the molecule is CCN1C(=O)CCC(C(=O)Nc2nc(-c3ccc(Br)cn3)cs2)C1c1cnn(C)c1. The molecule has 1 saturated heterocycles. The van der Waals surface area contributed by atoms with Gasteiger partial charge in [0.05, 0.1) is 23.9 Å². The zero-order valence-corrected chi connectivity index (χ0v) is 19.0. The van der Waals surface area contributed by atoms with Crippen LogP contribution in [0.4, 0.5) is 5.13 Å². The molecule has 0 saturated carbocycles. The minimum atomic E-state index is -0.370. The number of nitrogens with one attached hydrogen (secondary N) is 1. The number of hydrogen-bond donors (Lipinski definition) is 1. The fourth-order valence-electron chi connectivity index (χ4n) is 3.78. The van der Waals surface area contributed by atoms with Crippen LogP contribution >= 0.6 is 27.3 Å². The number of piperidine rings is 1. The van der Waals surface area contributed by atoms with E-state index in [1.807, 2.05) is 37.7 Å². The number of anilines is 1. The van der Waals surface area contributed by atoms with Crippen molar-refractivity contribution in [2.75, 3.05) is 11.9 Å². The van der Waals surface area contributed by atoms with Gasteiger partial charge in [-0.2, -0.15) is 5.10 Å². The maximum absolute atomic E-state index is 13.2. The Morgan fingerprint density at radius 3 is 2.83 bits per heavy atom. The number of carbonyl (C=O) groups is 2. The molecule has 30 heavy (non-hydrogen) atoms. The molecule has 4 heterocycles. The molecule has 1 aliphatic heterocycles. The Labute approximate surface area is 186 Å². The van der Waals surface area contributed by atoms with Gasteiger partial charge in [-0.1, -0.05) is 0 Å². The Morgan fingerprint density at radius 2 is 2.17 bits per heavy atom. The van der Waals surface area contributed by atoms with Crippen molar-refractivity contribution in [3.05, 3.63) is 46.1 Å². The van der Waals surface area contributed by atoms with Crippen molar-refractivity contribution in [3.8, 4) is 11.4 Å². The van der Waals surface area contributed by atoms with Gasteiger partial charge in [0.15, 0.2) is 5.13 Å². The van der Waals surface area contributed by atoms with E-state index in [0.29, 0.717) is 30.2 Å². The Hall–Kier alpha value is -2.59. The van der Waals surface area contributed by atoms with Gasteiger partial charge in [0.1, 0.15) is 5.69 Å². The first-order valence-electron chi connectivity index (χ1n) is 9.62.